The Hall–Kier alpha value is -4.80. The molecular weight excluding hydrogens is 700 g/mol. The zero-order valence-electron chi connectivity index (χ0n) is 30.7. The van der Waals surface area contributed by atoms with Gasteiger partial charge in [-0.3, -0.25) is 19.3 Å². The molecule has 17 heteroatoms. The number of amides is 4. The molecule has 2 aliphatic rings. The standard InChI is InChI=1S/C35H48N4O12S/c1-19(40)36-24(31(45)50-34(2,3)4)15-16-25(41)37-23(30(43)44)14-11-21-18-52-29-26(38-33(47)51-35(5,6)7)28(42)39(29)27(21)32(46)49-17-20-9-12-22(48-8)13-10-20/h9-10,12-13,23-24,26,29H,11,14-18H2,1-8H3,(H,36,40)(H,37,41)(H,38,47)(H,43,44)/t23-,24+,26+,29+/m0/s1. The molecule has 1 aromatic carbocycles. The summed E-state index contributed by atoms with van der Waals surface area (Å²) < 4.78 is 21.4. The number of methoxy groups -OCH3 is 1. The molecule has 0 unspecified atom stereocenters. The van der Waals surface area contributed by atoms with E-state index in [0.717, 1.165) is 0 Å². The van der Waals surface area contributed by atoms with Crippen molar-refractivity contribution in [1.82, 2.24) is 20.9 Å². The van der Waals surface area contributed by atoms with Gasteiger partial charge in [0.05, 0.1) is 7.11 Å². The second-order valence-electron chi connectivity index (χ2n) is 14.2. The summed E-state index contributed by atoms with van der Waals surface area (Å²) in [6.45, 7) is 11.1. The molecule has 0 spiro atoms. The molecule has 1 aromatic rings. The summed E-state index contributed by atoms with van der Waals surface area (Å²) in [5.74, 6) is -3.86. The number of esters is 2. The zero-order chi connectivity index (χ0) is 39.0. The summed E-state index contributed by atoms with van der Waals surface area (Å²) in [4.78, 5) is 90.0. The molecular formula is C35H48N4O12S. The van der Waals surface area contributed by atoms with Gasteiger partial charge in [-0.15, -0.1) is 11.8 Å². The molecule has 4 atom stereocenters. The number of nitrogens with zero attached hydrogens (tertiary/aromatic N) is 1. The number of nitrogens with one attached hydrogen (secondary N) is 3. The molecule has 0 aliphatic carbocycles. The van der Waals surface area contributed by atoms with Gasteiger partial charge >= 0.3 is 24.0 Å². The van der Waals surface area contributed by atoms with E-state index in [1.165, 1.54) is 30.7 Å². The van der Waals surface area contributed by atoms with Gasteiger partial charge in [-0.1, -0.05) is 12.1 Å². The van der Waals surface area contributed by atoms with Crippen LogP contribution in [0.15, 0.2) is 35.5 Å². The predicted molar refractivity (Wildman–Crippen MR) is 188 cm³/mol. The SMILES string of the molecule is COc1ccc(COC(=O)C2=C(CC[C@H](NC(=O)CC[C@@H](NC(C)=O)C(=O)OC(C)(C)C)C(=O)O)CS[C@@H]3[C@H](NC(=O)OC(C)(C)C)C(=O)N23)cc1. The number of carbonyl (C=O) groups is 7. The number of thioether (sulfide) groups is 1. The molecule has 52 heavy (non-hydrogen) atoms. The highest BCUT2D eigenvalue weighted by atomic mass is 32.2. The Morgan fingerprint density at radius 1 is 0.942 bits per heavy atom. The van der Waals surface area contributed by atoms with E-state index in [-0.39, 0.29) is 43.7 Å². The third kappa shape index (κ3) is 12.2. The molecule has 0 bridgehead atoms. The van der Waals surface area contributed by atoms with Crippen LogP contribution in [0.1, 0.15) is 79.7 Å². The van der Waals surface area contributed by atoms with E-state index >= 15 is 0 Å². The minimum Gasteiger partial charge on any atom is -0.497 e. The monoisotopic (exact) mass is 748 g/mol. The summed E-state index contributed by atoms with van der Waals surface area (Å²) in [6, 6.07) is 3.32. The maximum Gasteiger partial charge on any atom is 0.408 e. The van der Waals surface area contributed by atoms with Crippen molar-refractivity contribution in [3.8, 4) is 5.75 Å². The molecule has 0 saturated carbocycles. The Bertz CT molecular complexity index is 1560. The third-order valence-electron chi connectivity index (χ3n) is 7.54. The topological polar surface area (TPSA) is 216 Å². The number of β-lactam (4-membered cyclic amide) rings is 1. The normalized spacial score (nSPS) is 18.2. The van der Waals surface area contributed by atoms with Gasteiger partial charge in [-0.05, 0) is 84.1 Å². The highest BCUT2D eigenvalue weighted by Crippen LogP contribution is 2.42. The van der Waals surface area contributed by atoms with Gasteiger partial charge in [-0.25, -0.2) is 19.2 Å². The number of aliphatic carboxylic acids is 1. The minimum absolute atomic E-state index is 0.00962. The van der Waals surface area contributed by atoms with Crippen LogP contribution in [0.5, 0.6) is 5.75 Å². The van der Waals surface area contributed by atoms with Crippen molar-refractivity contribution in [1.29, 1.82) is 0 Å². The number of fused-ring (bicyclic) bond motifs is 1. The molecule has 1 saturated heterocycles. The number of carboxylic acids is 1. The maximum atomic E-state index is 13.6. The molecule has 16 nitrogen and oxygen atoms in total. The number of ether oxygens (including phenoxy) is 4. The number of hydrogen-bond donors (Lipinski definition) is 4. The van der Waals surface area contributed by atoms with Crippen molar-refractivity contribution in [2.45, 2.75) is 115 Å². The first-order valence-corrected chi connectivity index (χ1v) is 17.7. The average molecular weight is 749 g/mol. The van der Waals surface area contributed by atoms with Gasteiger partial charge in [0.25, 0.3) is 5.91 Å². The van der Waals surface area contributed by atoms with E-state index in [1.54, 1.807) is 65.8 Å². The van der Waals surface area contributed by atoms with Crippen LogP contribution in [0.2, 0.25) is 0 Å². The van der Waals surface area contributed by atoms with E-state index in [2.05, 4.69) is 16.0 Å². The smallest absolute Gasteiger partial charge is 0.408 e. The maximum absolute atomic E-state index is 13.6. The summed E-state index contributed by atoms with van der Waals surface area (Å²) in [5, 5.41) is 16.8. The number of benzene rings is 1. The van der Waals surface area contributed by atoms with Crippen molar-refractivity contribution in [3.63, 3.8) is 0 Å². The quantitative estimate of drug-likeness (QED) is 0.115. The van der Waals surface area contributed by atoms with Gasteiger partial charge < -0.3 is 40.0 Å². The van der Waals surface area contributed by atoms with Crippen molar-refractivity contribution < 1.29 is 57.6 Å². The Morgan fingerprint density at radius 2 is 1.58 bits per heavy atom. The fourth-order valence-electron chi connectivity index (χ4n) is 5.22. The Balaban J connectivity index is 1.76. The van der Waals surface area contributed by atoms with Crippen molar-refractivity contribution in [2.75, 3.05) is 12.9 Å². The zero-order valence-corrected chi connectivity index (χ0v) is 31.5. The second-order valence-corrected chi connectivity index (χ2v) is 15.3. The molecule has 3 rings (SSSR count). The van der Waals surface area contributed by atoms with E-state index < -0.39 is 76.4 Å². The minimum atomic E-state index is -1.39. The Labute approximate surface area is 306 Å². The van der Waals surface area contributed by atoms with Crippen LogP contribution in [0.4, 0.5) is 4.79 Å². The first kappa shape index (κ1) is 41.6. The largest absolute Gasteiger partial charge is 0.497 e. The van der Waals surface area contributed by atoms with Crippen molar-refractivity contribution in [3.05, 3.63) is 41.1 Å². The lowest BCUT2D eigenvalue weighted by atomic mass is 9.99. The lowest BCUT2D eigenvalue weighted by Gasteiger charge is -2.49. The van der Waals surface area contributed by atoms with Crippen LogP contribution in [0, 0.1) is 0 Å². The predicted octanol–water partition coefficient (Wildman–Crippen LogP) is 2.78. The molecule has 2 aliphatic heterocycles. The van der Waals surface area contributed by atoms with Gasteiger partial charge in [0.15, 0.2) is 0 Å². The molecule has 2 heterocycles. The lowest BCUT2D eigenvalue weighted by molar-refractivity contribution is -0.159. The number of carbonyl (C=O) groups excluding carboxylic acids is 6. The second kappa shape index (κ2) is 17.6. The summed E-state index contributed by atoms with van der Waals surface area (Å²) in [7, 11) is 1.52. The van der Waals surface area contributed by atoms with Gasteiger partial charge in [-0.2, -0.15) is 0 Å². The van der Waals surface area contributed by atoms with Crippen LogP contribution < -0.4 is 20.7 Å². The molecule has 4 amide bonds. The Kier molecular flexibility index (Phi) is 14.1. The van der Waals surface area contributed by atoms with Gasteiger partial charge in [0, 0.05) is 19.1 Å². The number of alkyl carbamates (subject to hydrolysis) is 1. The summed E-state index contributed by atoms with van der Waals surface area (Å²) in [5.41, 5.74) is -0.635. The fraction of sp³-hybridized carbons (Fsp3) is 0.571. The number of hydrogen-bond acceptors (Lipinski definition) is 12. The fourth-order valence-corrected chi connectivity index (χ4v) is 6.61. The van der Waals surface area contributed by atoms with Crippen LogP contribution >= 0.6 is 11.8 Å². The van der Waals surface area contributed by atoms with Crippen LogP contribution in [-0.4, -0.2) is 99.3 Å². The highest BCUT2D eigenvalue weighted by molar-refractivity contribution is 8.00. The van der Waals surface area contributed by atoms with Gasteiger partial charge in [0.2, 0.25) is 11.8 Å². The highest BCUT2D eigenvalue weighted by Gasteiger charge is 2.54. The molecule has 0 radical (unpaired) electrons. The lowest BCUT2D eigenvalue weighted by Crippen LogP contribution is -2.70. The number of rotatable bonds is 15. The summed E-state index contributed by atoms with van der Waals surface area (Å²) in [6.07, 6.45) is -1.40. The molecule has 286 valence electrons. The Morgan fingerprint density at radius 3 is 2.13 bits per heavy atom. The third-order valence-corrected chi connectivity index (χ3v) is 8.88. The molecule has 1 fully saturated rings. The van der Waals surface area contributed by atoms with E-state index in [9.17, 15) is 38.7 Å². The molecule has 4 N–H and O–H groups in total. The number of carboxylic acid groups (broad SMARTS) is 1. The van der Waals surface area contributed by atoms with Crippen LogP contribution in [0.3, 0.4) is 0 Å². The van der Waals surface area contributed by atoms with Crippen LogP contribution in [-0.2, 0) is 49.6 Å². The summed E-state index contributed by atoms with van der Waals surface area (Å²) >= 11 is 1.27. The van der Waals surface area contributed by atoms with Crippen molar-refractivity contribution in [2.24, 2.45) is 0 Å². The van der Waals surface area contributed by atoms with Crippen molar-refractivity contribution >= 4 is 53.5 Å². The molecule has 0 aromatic heterocycles. The van der Waals surface area contributed by atoms with Gasteiger partial charge in [0.1, 0.15) is 52.8 Å². The van der Waals surface area contributed by atoms with Crippen LogP contribution in [0.25, 0.3) is 0 Å². The average Bonchev–Trinajstić information content (AvgIpc) is 3.04. The first-order chi connectivity index (χ1) is 24.2. The van der Waals surface area contributed by atoms with E-state index in [4.69, 9.17) is 18.9 Å². The van der Waals surface area contributed by atoms with E-state index in [0.29, 0.717) is 16.9 Å². The van der Waals surface area contributed by atoms with E-state index in [1.807, 2.05) is 0 Å². The first-order valence-electron chi connectivity index (χ1n) is 16.7.